The summed E-state index contributed by atoms with van der Waals surface area (Å²) in [5.41, 5.74) is 7.63. The molecule has 34 heavy (non-hydrogen) atoms. The van der Waals surface area contributed by atoms with Gasteiger partial charge < -0.3 is 14.0 Å². The number of carbonyl (C=O) groups is 1. The monoisotopic (exact) mass is 462 g/mol. The fraction of sp³-hybridized carbons (Fsp3) is 0.444. The van der Waals surface area contributed by atoms with Crippen LogP contribution in [0.5, 0.6) is 5.75 Å². The molecule has 0 spiro atoms. The van der Waals surface area contributed by atoms with Crippen LogP contribution in [0.4, 0.5) is 0 Å². The maximum atomic E-state index is 12.0. The van der Waals surface area contributed by atoms with Crippen LogP contribution in [0.3, 0.4) is 0 Å². The smallest absolute Gasteiger partial charge is 0.344 e. The van der Waals surface area contributed by atoms with Gasteiger partial charge in [0.1, 0.15) is 11.4 Å². The normalized spacial score (nSPS) is 11.6. The number of nitrogens with zero attached hydrogens (tertiary/aromatic N) is 4. The van der Waals surface area contributed by atoms with E-state index >= 15 is 0 Å². The Balaban J connectivity index is 1.97. The predicted octanol–water partition coefficient (Wildman–Crippen LogP) is 5.89. The lowest BCUT2D eigenvalue weighted by Gasteiger charge is -2.17. The van der Waals surface area contributed by atoms with Crippen LogP contribution < -0.4 is 4.74 Å². The summed E-state index contributed by atoms with van der Waals surface area (Å²) in [4.78, 5) is 17.0. The number of ether oxygens (including phenoxy) is 2. The molecule has 7 nitrogen and oxygen atoms in total. The molecule has 4 rings (SSSR count). The second-order valence-electron chi connectivity index (χ2n) is 8.87. The van der Waals surface area contributed by atoms with Gasteiger partial charge in [0, 0.05) is 23.2 Å². The third kappa shape index (κ3) is 4.04. The minimum atomic E-state index is -0.386. The van der Waals surface area contributed by atoms with Gasteiger partial charge in [0.05, 0.1) is 23.6 Å². The number of hydrogen-bond acceptors (Lipinski definition) is 5. The van der Waals surface area contributed by atoms with Gasteiger partial charge in [0.15, 0.2) is 12.3 Å². The van der Waals surface area contributed by atoms with Crippen molar-refractivity contribution in [3.05, 3.63) is 46.9 Å². The summed E-state index contributed by atoms with van der Waals surface area (Å²) in [6, 6.07) is 6.60. The van der Waals surface area contributed by atoms with E-state index in [-0.39, 0.29) is 12.6 Å². The predicted molar refractivity (Wildman–Crippen MR) is 135 cm³/mol. The molecule has 0 bridgehead atoms. The highest BCUT2D eigenvalue weighted by Crippen LogP contribution is 2.40. The quantitative estimate of drug-likeness (QED) is 0.306. The van der Waals surface area contributed by atoms with Gasteiger partial charge in [-0.05, 0) is 70.7 Å². The van der Waals surface area contributed by atoms with Crippen LogP contribution in [0.2, 0.25) is 0 Å². The van der Waals surface area contributed by atoms with Crippen molar-refractivity contribution in [3.63, 3.8) is 0 Å². The maximum absolute atomic E-state index is 12.0. The van der Waals surface area contributed by atoms with Crippen molar-refractivity contribution in [2.24, 2.45) is 0 Å². The molecular formula is C27H34N4O3. The molecule has 0 saturated carbocycles. The lowest BCUT2D eigenvalue weighted by molar-refractivity contribution is -0.145. The zero-order valence-electron chi connectivity index (χ0n) is 21.2. The average Bonchev–Trinajstić information content (AvgIpc) is 3.35. The Labute approximate surface area is 200 Å². The van der Waals surface area contributed by atoms with E-state index in [1.165, 1.54) is 0 Å². The zero-order valence-corrected chi connectivity index (χ0v) is 21.2. The van der Waals surface area contributed by atoms with E-state index in [1.807, 2.05) is 31.4 Å². The van der Waals surface area contributed by atoms with Gasteiger partial charge in [0.25, 0.3) is 0 Å². The number of rotatable bonds is 8. The number of esters is 1. The first-order chi connectivity index (χ1) is 16.3. The summed E-state index contributed by atoms with van der Waals surface area (Å²) < 4.78 is 15.4. The van der Waals surface area contributed by atoms with Gasteiger partial charge in [-0.1, -0.05) is 19.9 Å². The van der Waals surface area contributed by atoms with Crippen molar-refractivity contribution in [1.29, 1.82) is 0 Å². The molecule has 0 amide bonds. The molecule has 0 fully saturated rings. The molecule has 0 aliphatic rings. The molecular weight excluding hydrogens is 428 g/mol. The number of benzene rings is 1. The number of hydrogen-bond donors (Lipinski definition) is 0. The number of carbonyl (C=O) groups excluding carboxylic acids is 1. The molecule has 7 heteroatoms. The topological polar surface area (TPSA) is 70.7 Å². The first kappa shape index (κ1) is 23.8. The molecule has 4 aromatic rings. The van der Waals surface area contributed by atoms with Crippen LogP contribution in [0.25, 0.3) is 27.8 Å². The van der Waals surface area contributed by atoms with Crippen molar-refractivity contribution in [2.75, 3.05) is 13.2 Å². The fourth-order valence-electron chi connectivity index (χ4n) is 4.90. The fourth-order valence-corrected chi connectivity index (χ4v) is 4.90. The summed E-state index contributed by atoms with van der Waals surface area (Å²) >= 11 is 0. The van der Waals surface area contributed by atoms with Gasteiger partial charge in [-0.2, -0.15) is 9.61 Å². The highest BCUT2D eigenvalue weighted by atomic mass is 16.6. The van der Waals surface area contributed by atoms with Gasteiger partial charge in [-0.15, -0.1) is 0 Å². The third-order valence-electron chi connectivity index (χ3n) is 6.47. The standard InChI is InChI=1S/C27H34N4O3/c1-8-20(9-2)30-12-11-21-18(6)28-26-25(19(7)29-31(26)27(21)30)24-17(5)13-16(4)14-22(24)34-15-23(32)33-10-3/h11-14,20H,8-10,15H2,1-7H3. The highest BCUT2D eigenvalue weighted by molar-refractivity contribution is 5.90. The lowest BCUT2D eigenvalue weighted by Crippen LogP contribution is -2.15. The van der Waals surface area contributed by atoms with Crippen LogP contribution in [-0.4, -0.2) is 38.3 Å². The Bertz CT molecular complexity index is 1360. The van der Waals surface area contributed by atoms with Crippen LogP contribution in [-0.2, 0) is 9.53 Å². The number of aromatic nitrogens is 4. The minimum absolute atomic E-state index is 0.143. The van der Waals surface area contributed by atoms with Crippen LogP contribution in [0.1, 0.15) is 62.2 Å². The zero-order chi connectivity index (χ0) is 24.6. The molecule has 0 unspecified atom stereocenters. The van der Waals surface area contributed by atoms with Crippen LogP contribution >= 0.6 is 0 Å². The maximum Gasteiger partial charge on any atom is 0.344 e. The van der Waals surface area contributed by atoms with Crippen molar-refractivity contribution in [2.45, 2.75) is 67.3 Å². The van der Waals surface area contributed by atoms with Crippen molar-refractivity contribution in [1.82, 2.24) is 19.2 Å². The number of fused-ring (bicyclic) bond motifs is 3. The summed E-state index contributed by atoms with van der Waals surface area (Å²) in [6.07, 6.45) is 4.23. The second kappa shape index (κ2) is 9.49. The summed E-state index contributed by atoms with van der Waals surface area (Å²) in [5.74, 6) is 0.251. The minimum Gasteiger partial charge on any atom is -0.481 e. The van der Waals surface area contributed by atoms with Gasteiger partial charge in [-0.3, -0.25) is 0 Å². The lowest BCUT2D eigenvalue weighted by atomic mass is 9.97. The third-order valence-corrected chi connectivity index (χ3v) is 6.47. The molecule has 0 saturated heterocycles. The van der Waals surface area contributed by atoms with Crippen molar-refractivity contribution >= 4 is 22.6 Å². The van der Waals surface area contributed by atoms with E-state index in [1.54, 1.807) is 6.92 Å². The molecule has 0 aliphatic carbocycles. The van der Waals surface area contributed by atoms with E-state index in [4.69, 9.17) is 19.6 Å². The first-order valence-corrected chi connectivity index (χ1v) is 12.1. The van der Waals surface area contributed by atoms with Gasteiger partial charge in [-0.25, -0.2) is 9.78 Å². The van der Waals surface area contributed by atoms with E-state index in [9.17, 15) is 4.79 Å². The molecule has 0 N–H and O–H groups in total. The van der Waals surface area contributed by atoms with Crippen LogP contribution in [0.15, 0.2) is 24.4 Å². The van der Waals surface area contributed by atoms with E-state index < -0.39 is 0 Å². The van der Waals surface area contributed by atoms with E-state index in [0.29, 0.717) is 18.4 Å². The summed E-state index contributed by atoms with van der Waals surface area (Å²) in [7, 11) is 0. The van der Waals surface area contributed by atoms with E-state index in [0.717, 1.165) is 63.2 Å². The molecule has 0 radical (unpaired) electrons. The Morgan fingerprint density at radius 3 is 2.44 bits per heavy atom. The second-order valence-corrected chi connectivity index (χ2v) is 8.87. The molecule has 180 valence electrons. The Morgan fingerprint density at radius 1 is 1.03 bits per heavy atom. The van der Waals surface area contributed by atoms with Crippen molar-refractivity contribution in [3.8, 4) is 16.9 Å². The Kier molecular flexibility index (Phi) is 6.64. The molecule has 3 aromatic heterocycles. The Hall–Kier alpha value is -3.35. The largest absolute Gasteiger partial charge is 0.481 e. The number of aryl methyl sites for hydroxylation is 4. The molecule has 1 aromatic carbocycles. The van der Waals surface area contributed by atoms with E-state index in [2.05, 4.69) is 43.7 Å². The summed E-state index contributed by atoms with van der Waals surface area (Å²) in [5, 5.41) is 6.06. The first-order valence-electron chi connectivity index (χ1n) is 12.1. The molecule has 0 aliphatic heterocycles. The van der Waals surface area contributed by atoms with Gasteiger partial charge in [0.2, 0.25) is 0 Å². The van der Waals surface area contributed by atoms with Crippen LogP contribution in [0, 0.1) is 27.7 Å². The molecule has 3 heterocycles. The van der Waals surface area contributed by atoms with Crippen molar-refractivity contribution < 1.29 is 14.3 Å². The van der Waals surface area contributed by atoms with Gasteiger partial charge >= 0.3 is 5.97 Å². The molecule has 0 atom stereocenters. The summed E-state index contributed by atoms with van der Waals surface area (Å²) in [6.45, 7) is 14.5. The SMILES string of the molecule is CCOC(=O)COc1cc(C)cc(C)c1-c1c(C)nn2c1nc(C)c1ccn(C(CC)CC)c12. The average molecular weight is 463 g/mol. The highest BCUT2D eigenvalue weighted by Gasteiger charge is 2.24. The Morgan fingerprint density at radius 2 is 1.76 bits per heavy atom.